The minimum absolute atomic E-state index is 0.00976. The Hall–Kier alpha value is -2.89. The van der Waals surface area contributed by atoms with Gasteiger partial charge >= 0.3 is 0 Å². The highest BCUT2D eigenvalue weighted by atomic mass is 16.2. The molecule has 0 spiro atoms. The molecule has 3 aromatic rings. The Bertz CT molecular complexity index is 896. The Morgan fingerprint density at radius 3 is 2.77 bits per heavy atom. The van der Waals surface area contributed by atoms with E-state index in [1.807, 2.05) is 52.7 Å². The number of imidazole rings is 1. The van der Waals surface area contributed by atoms with E-state index in [-0.39, 0.29) is 17.7 Å². The number of aromatic nitrogens is 3. The van der Waals surface area contributed by atoms with Crippen LogP contribution in [-0.2, 0) is 11.3 Å². The van der Waals surface area contributed by atoms with Gasteiger partial charge in [0.15, 0.2) is 5.78 Å². The summed E-state index contributed by atoms with van der Waals surface area (Å²) >= 11 is 0. The molecule has 0 bridgehead atoms. The molecule has 2 heterocycles. The summed E-state index contributed by atoms with van der Waals surface area (Å²) in [5, 5.41) is 3.91. The molecule has 0 aliphatic rings. The van der Waals surface area contributed by atoms with Crippen LogP contribution in [0.3, 0.4) is 0 Å². The molecular weight excluding hydrogens is 328 g/mol. The average Bonchev–Trinajstić information content (AvgIpc) is 3.28. The predicted molar refractivity (Wildman–Crippen MR) is 101 cm³/mol. The lowest BCUT2D eigenvalue weighted by molar-refractivity contribution is -0.124. The fourth-order valence-electron chi connectivity index (χ4n) is 3.26. The van der Waals surface area contributed by atoms with Gasteiger partial charge in [0.05, 0.1) is 6.33 Å². The van der Waals surface area contributed by atoms with E-state index in [0.29, 0.717) is 18.5 Å². The summed E-state index contributed by atoms with van der Waals surface area (Å²) in [5.74, 6) is -0.00969. The van der Waals surface area contributed by atoms with Crippen molar-refractivity contribution in [2.45, 2.75) is 39.3 Å². The summed E-state index contributed by atoms with van der Waals surface area (Å²) in [7, 11) is 0. The molecule has 0 aliphatic heterocycles. The summed E-state index contributed by atoms with van der Waals surface area (Å²) in [6.07, 6.45) is 8.73. The Morgan fingerprint density at radius 2 is 2.08 bits per heavy atom. The van der Waals surface area contributed by atoms with Crippen LogP contribution < -0.4 is 5.32 Å². The molecule has 0 unspecified atom stereocenters. The number of nitrogens with one attached hydrogen (secondary N) is 1. The fraction of sp³-hybridized carbons (Fsp3) is 0.350. The van der Waals surface area contributed by atoms with Crippen molar-refractivity contribution in [1.82, 2.24) is 19.4 Å². The van der Waals surface area contributed by atoms with E-state index in [4.69, 9.17) is 0 Å². The third-order valence-electron chi connectivity index (χ3n) is 4.60. The van der Waals surface area contributed by atoms with Crippen LogP contribution in [0.1, 0.15) is 43.1 Å². The van der Waals surface area contributed by atoms with Crippen LogP contribution in [0, 0.1) is 0 Å². The summed E-state index contributed by atoms with van der Waals surface area (Å²) in [6.45, 7) is 4.96. The molecule has 0 saturated heterocycles. The van der Waals surface area contributed by atoms with Gasteiger partial charge in [-0.1, -0.05) is 25.1 Å². The van der Waals surface area contributed by atoms with Gasteiger partial charge in [-0.05, 0) is 25.8 Å². The number of rotatable bonds is 8. The second-order valence-corrected chi connectivity index (χ2v) is 6.39. The quantitative estimate of drug-likeness (QED) is 0.500. The van der Waals surface area contributed by atoms with Gasteiger partial charge in [-0.15, -0.1) is 0 Å². The maximum atomic E-state index is 12.7. The highest BCUT2D eigenvalue weighted by molar-refractivity contribution is 6.07. The smallest absolute Gasteiger partial charge is 0.243 e. The minimum atomic E-state index is -0.332. The van der Waals surface area contributed by atoms with Gasteiger partial charge in [-0.2, -0.15) is 0 Å². The van der Waals surface area contributed by atoms with Crippen LogP contribution in [0.2, 0.25) is 0 Å². The third kappa shape index (κ3) is 3.69. The van der Waals surface area contributed by atoms with E-state index in [1.165, 1.54) is 0 Å². The van der Waals surface area contributed by atoms with Gasteiger partial charge in [-0.3, -0.25) is 9.59 Å². The average molecular weight is 352 g/mol. The van der Waals surface area contributed by atoms with E-state index in [0.717, 1.165) is 23.9 Å². The van der Waals surface area contributed by atoms with Crippen molar-refractivity contribution < 1.29 is 9.59 Å². The molecule has 0 aliphatic carbocycles. The molecular formula is C20H24N4O2. The number of hydrogen-bond donors (Lipinski definition) is 1. The maximum absolute atomic E-state index is 12.7. The Balaban J connectivity index is 1.72. The molecule has 1 N–H and O–H groups in total. The van der Waals surface area contributed by atoms with E-state index < -0.39 is 0 Å². The molecule has 1 atom stereocenters. The lowest BCUT2D eigenvalue weighted by Gasteiger charge is -2.18. The first-order valence-corrected chi connectivity index (χ1v) is 8.95. The number of fused-ring (bicyclic) bond motifs is 1. The van der Waals surface area contributed by atoms with Crippen LogP contribution in [0.5, 0.6) is 0 Å². The number of aryl methyl sites for hydroxylation is 1. The lowest BCUT2D eigenvalue weighted by atomic mass is 10.1. The van der Waals surface area contributed by atoms with E-state index in [9.17, 15) is 9.59 Å². The molecule has 136 valence electrons. The normalized spacial score (nSPS) is 12.2. The van der Waals surface area contributed by atoms with Gasteiger partial charge in [0.25, 0.3) is 0 Å². The second-order valence-electron chi connectivity index (χ2n) is 6.39. The monoisotopic (exact) mass is 352 g/mol. The zero-order chi connectivity index (χ0) is 18.5. The summed E-state index contributed by atoms with van der Waals surface area (Å²) in [4.78, 5) is 28.7. The van der Waals surface area contributed by atoms with Crippen molar-refractivity contribution in [3.8, 4) is 0 Å². The standard InChI is InChI=1S/C20H24N4O2/c1-3-18(20(26)22-9-6-11-23-12-10-21-14-23)24-13-17(15(2)25)16-7-4-5-8-19(16)24/h4-5,7-8,10,12-14,18H,3,6,9,11H2,1-2H3,(H,22,26)/t18-/m1/s1. The van der Waals surface area contributed by atoms with Crippen LogP contribution in [0.4, 0.5) is 0 Å². The van der Waals surface area contributed by atoms with Gasteiger partial charge < -0.3 is 14.5 Å². The van der Waals surface area contributed by atoms with Crippen molar-refractivity contribution in [3.05, 3.63) is 54.7 Å². The van der Waals surface area contributed by atoms with Crippen LogP contribution in [-0.4, -0.2) is 32.4 Å². The zero-order valence-electron chi connectivity index (χ0n) is 15.2. The van der Waals surface area contributed by atoms with Gasteiger partial charge in [0.1, 0.15) is 6.04 Å². The topological polar surface area (TPSA) is 68.9 Å². The molecule has 26 heavy (non-hydrogen) atoms. The predicted octanol–water partition coefficient (Wildman–Crippen LogP) is 3.20. The number of Topliss-reactive ketones (excluding diaryl/α,β-unsaturated/α-hetero) is 1. The molecule has 6 nitrogen and oxygen atoms in total. The molecule has 1 amide bonds. The van der Waals surface area contributed by atoms with E-state index >= 15 is 0 Å². The number of carbonyl (C=O) groups is 2. The molecule has 0 radical (unpaired) electrons. The summed E-state index contributed by atoms with van der Waals surface area (Å²) < 4.78 is 3.92. The summed E-state index contributed by atoms with van der Waals surface area (Å²) in [5.41, 5.74) is 1.57. The molecule has 3 rings (SSSR count). The van der Waals surface area contributed by atoms with E-state index in [2.05, 4.69) is 10.3 Å². The highest BCUT2D eigenvalue weighted by Gasteiger charge is 2.22. The van der Waals surface area contributed by atoms with Crippen molar-refractivity contribution in [1.29, 1.82) is 0 Å². The fourth-order valence-corrected chi connectivity index (χ4v) is 3.26. The van der Waals surface area contributed by atoms with Gasteiger partial charge in [-0.25, -0.2) is 4.98 Å². The van der Waals surface area contributed by atoms with Gasteiger partial charge in [0.2, 0.25) is 5.91 Å². The molecule has 0 saturated carbocycles. The van der Waals surface area contributed by atoms with Crippen molar-refractivity contribution >= 4 is 22.6 Å². The number of carbonyl (C=O) groups excluding carboxylic acids is 2. The number of hydrogen-bond acceptors (Lipinski definition) is 3. The Morgan fingerprint density at radius 1 is 1.27 bits per heavy atom. The molecule has 1 aromatic carbocycles. The van der Waals surface area contributed by atoms with Gasteiger partial charge in [0, 0.05) is 48.1 Å². The molecule has 2 aromatic heterocycles. The third-order valence-corrected chi connectivity index (χ3v) is 4.60. The SMILES string of the molecule is CC[C@H](C(=O)NCCCn1ccnc1)n1cc(C(C)=O)c2ccccc21. The number of nitrogens with zero attached hydrogens (tertiary/aromatic N) is 3. The van der Waals surface area contributed by atoms with Crippen LogP contribution >= 0.6 is 0 Å². The number of ketones is 1. The van der Waals surface area contributed by atoms with Crippen molar-refractivity contribution in [3.63, 3.8) is 0 Å². The number of para-hydroxylation sites is 1. The van der Waals surface area contributed by atoms with Crippen LogP contribution in [0.25, 0.3) is 10.9 Å². The maximum Gasteiger partial charge on any atom is 0.243 e. The summed E-state index contributed by atoms with van der Waals surface area (Å²) in [6, 6.07) is 7.39. The highest BCUT2D eigenvalue weighted by Crippen LogP contribution is 2.26. The Kier molecular flexibility index (Phi) is 5.51. The largest absolute Gasteiger partial charge is 0.354 e. The number of benzene rings is 1. The number of amides is 1. The minimum Gasteiger partial charge on any atom is -0.354 e. The van der Waals surface area contributed by atoms with E-state index in [1.54, 1.807) is 19.4 Å². The zero-order valence-corrected chi connectivity index (χ0v) is 15.2. The second kappa shape index (κ2) is 7.99. The molecule has 6 heteroatoms. The first-order chi connectivity index (χ1) is 12.6. The van der Waals surface area contributed by atoms with Crippen LogP contribution in [0.15, 0.2) is 49.2 Å². The lowest BCUT2D eigenvalue weighted by Crippen LogP contribution is -2.33. The Labute approximate surface area is 152 Å². The molecule has 0 fully saturated rings. The first-order valence-electron chi connectivity index (χ1n) is 8.95. The first kappa shape index (κ1) is 17.9. The van der Waals surface area contributed by atoms with Crippen molar-refractivity contribution in [2.75, 3.05) is 6.54 Å². The van der Waals surface area contributed by atoms with Crippen molar-refractivity contribution in [2.24, 2.45) is 0 Å².